The number of piperazine rings is 1. The van der Waals surface area contributed by atoms with Crippen LogP contribution in [0.25, 0.3) is 0 Å². The molecule has 3 aromatic rings. The lowest BCUT2D eigenvalue weighted by atomic mass is 9.97. The lowest BCUT2D eigenvalue weighted by molar-refractivity contribution is -0.140. The number of fused-ring (bicyclic) bond motifs is 1. The van der Waals surface area contributed by atoms with Crippen LogP contribution in [0, 0.1) is 5.82 Å². The Morgan fingerprint density at radius 3 is 2.38 bits per heavy atom. The molecule has 1 unspecified atom stereocenters. The maximum atomic E-state index is 14.2. The summed E-state index contributed by atoms with van der Waals surface area (Å²) in [4.78, 5) is 22.3. The standard InChI is InChI=1S/C28H26F4N4O3/c1-39-20-6-4-5-18(15-20)34-11-13-35(14-12-34)27-33-24-8-3-2-7-21(24)25(17-26(37)38)36(27)19-9-10-23(29)22(16-19)28(30,31)32/h2-10,15-16,25H,11-14,17H2,1H3,(H,37,38). The number of carbonyl (C=O) groups is 1. The van der Waals surface area contributed by atoms with Gasteiger partial charge in [-0.2, -0.15) is 13.2 Å². The number of aliphatic carboxylic acids is 1. The van der Waals surface area contributed by atoms with Crippen LogP contribution in [0.5, 0.6) is 5.75 Å². The van der Waals surface area contributed by atoms with E-state index in [1.54, 1.807) is 31.4 Å². The van der Waals surface area contributed by atoms with E-state index in [9.17, 15) is 27.5 Å². The Labute approximate surface area is 222 Å². The summed E-state index contributed by atoms with van der Waals surface area (Å²) in [5.74, 6) is -1.47. The van der Waals surface area contributed by atoms with Gasteiger partial charge in [-0.15, -0.1) is 0 Å². The third kappa shape index (κ3) is 5.34. The monoisotopic (exact) mass is 542 g/mol. The third-order valence-electron chi connectivity index (χ3n) is 6.93. The van der Waals surface area contributed by atoms with Gasteiger partial charge in [-0.25, -0.2) is 9.38 Å². The summed E-state index contributed by atoms with van der Waals surface area (Å²) < 4.78 is 60.5. The lowest BCUT2D eigenvalue weighted by Crippen LogP contribution is -2.55. The van der Waals surface area contributed by atoms with Crippen LogP contribution in [-0.2, 0) is 11.0 Å². The van der Waals surface area contributed by atoms with Crippen LogP contribution in [0.3, 0.4) is 0 Å². The summed E-state index contributed by atoms with van der Waals surface area (Å²) in [6.45, 7) is 2.12. The summed E-state index contributed by atoms with van der Waals surface area (Å²) in [6.07, 6.45) is -5.31. The molecule has 0 aliphatic carbocycles. The fraction of sp³-hybridized carbons (Fsp3) is 0.286. The molecule has 0 aromatic heterocycles. The van der Waals surface area contributed by atoms with Gasteiger partial charge in [0, 0.05) is 49.2 Å². The first-order valence-corrected chi connectivity index (χ1v) is 12.3. The topological polar surface area (TPSA) is 68.6 Å². The number of aliphatic imine (C=N–C) groups is 1. The molecule has 1 atom stereocenters. The predicted octanol–water partition coefficient (Wildman–Crippen LogP) is 5.70. The molecule has 0 saturated carbocycles. The molecule has 1 fully saturated rings. The highest BCUT2D eigenvalue weighted by molar-refractivity contribution is 6.01. The molecular formula is C28H26F4N4O3. The molecule has 2 aliphatic heterocycles. The van der Waals surface area contributed by atoms with Gasteiger partial charge in [-0.3, -0.25) is 4.79 Å². The number of rotatable bonds is 5. The number of para-hydroxylation sites is 1. The van der Waals surface area contributed by atoms with Gasteiger partial charge in [-0.1, -0.05) is 24.3 Å². The van der Waals surface area contributed by atoms with E-state index in [2.05, 4.69) is 4.90 Å². The molecular weight excluding hydrogens is 516 g/mol. The smallest absolute Gasteiger partial charge is 0.419 e. The van der Waals surface area contributed by atoms with Crippen LogP contribution in [0.2, 0.25) is 0 Å². The molecule has 0 bridgehead atoms. The maximum absolute atomic E-state index is 14.2. The number of nitrogens with zero attached hydrogens (tertiary/aromatic N) is 4. The van der Waals surface area contributed by atoms with E-state index in [0.717, 1.165) is 23.6 Å². The minimum Gasteiger partial charge on any atom is -0.497 e. The van der Waals surface area contributed by atoms with Gasteiger partial charge in [0.2, 0.25) is 5.96 Å². The number of halogens is 4. The summed E-state index contributed by atoms with van der Waals surface area (Å²) >= 11 is 0. The van der Waals surface area contributed by atoms with Gasteiger partial charge in [-0.05, 0) is 36.4 Å². The predicted molar refractivity (Wildman–Crippen MR) is 139 cm³/mol. The number of ether oxygens (including phenoxy) is 1. The zero-order valence-electron chi connectivity index (χ0n) is 21.0. The average molecular weight is 543 g/mol. The minimum absolute atomic E-state index is 0.0125. The molecule has 204 valence electrons. The van der Waals surface area contributed by atoms with Crippen LogP contribution >= 0.6 is 0 Å². The molecule has 2 heterocycles. The molecule has 1 saturated heterocycles. The van der Waals surface area contributed by atoms with Crippen LogP contribution < -0.4 is 14.5 Å². The van der Waals surface area contributed by atoms with Gasteiger partial charge in [0.25, 0.3) is 0 Å². The molecule has 7 nitrogen and oxygen atoms in total. The molecule has 0 amide bonds. The normalized spacial score (nSPS) is 17.5. The summed E-state index contributed by atoms with van der Waals surface area (Å²) in [7, 11) is 1.60. The van der Waals surface area contributed by atoms with Gasteiger partial charge < -0.3 is 24.5 Å². The van der Waals surface area contributed by atoms with E-state index in [1.807, 2.05) is 29.2 Å². The lowest BCUT2D eigenvalue weighted by Gasteiger charge is -2.45. The second-order valence-corrected chi connectivity index (χ2v) is 9.29. The van der Waals surface area contributed by atoms with Crippen molar-refractivity contribution in [3.63, 3.8) is 0 Å². The summed E-state index contributed by atoms with van der Waals surface area (Å²) in [5.41, 5.74) is 0.674. The average Bonchev–Trinajstić information content (AvgIpc) is 2.92. The number of hydrogen-bond donors (Lipinski definition) is 1. The Bertz CT molecular complexity index is 1400. The van der Waals surface area contributed by atoms with Crippen molar-refractivity contribution in [2.45, 2.75) is 18.6 Å². The van der Waals surface area contributed by atoms with E-state index >= 15 is 0 Å². The van der Waals surface area contributed by atoms with Crippen molar-refractivity contribution in [2.24, 2.45) is 4.99 Å². The number of alkyl halides is 3. The number of carboxylic acid groups (broad SMARTS) is 1. The Hall–Kier alpha value is -4.28. The summed E-state index contributed by atoms with van der Waals surface area (Å²) in [5, 5.41) is 9.75. The number of methoxy groups -OCH3 is 1. The van der Waals surface area contributed by atoms with Crippen molar-refractivity contribution in [1.29, 1.82) is 0 Å². The van der Waals surface area contributed by atoms with Crippen molar-refractivity contribution in [3.05, 3.63) is 83.7 Å². The number of benzene rings is 3. The van der Waals surface area contributed by atoms with Crippen LogP contribution in [0.4, 0.5) is 34.6 Å². The van der Waals surface area contributed by atoms with E-state index < -0.39 is 36.0 Å². The number of anilines is 2. The molecule has 0 radical (unpaired) electrons. The first kappa shape index (κ1) is 26.3. The van der Waals surface area contributed by atoms with Gasteiger partial charge in [0.15, 0.2) is 0 Å². The van der Waals surface area contributed by atoms with Crippen molar-refractivity contribution >= 4 is 29.0 Å². The zero-order chi connectivity index (χ0) is 27.7. The Kier molecular flexibility index (Phi) is 7.07. The fourth-order valence-corrected chi connectivity index (χ4v) is 5.05. The molecule has 3 aromatic carbocycles. The Balaban J connectivity index is 1.54. The second kappa shape index (κ2) is 10.5. The van der Waals surface area contributed by atoms with Gasteiger partial charge in [0.1, 0.15) is 11.6 Å². The number of carboxylic acids is 1. The molecule has 11 heteroatoms. The van der Waals surface area contributed by atoms with Gasteiger partial charge >= 0.3 is 12.1 Å². The van der Waals surface area contributed by atoms with Gasteiger partial charge in [0.05, 0.1) is 30.8 Å². The van der Waals surface area contributed by atoms with Crippen LogP contribution in [0.1, 0.15) is 23.6 Å². The van der Waals surface area contributed by atoms with E-state index in [4.69, 9.17) is 9.73 Å². The first-order valence-electron chi connectivity index (χ1n) is 12.3. The maximum Gasteiger partial charge on any atom is 0.419 e. The third-order valence-corrected chi connectivity index (χ3v) is 6.93. The molecule has 0 spiro atoms. The van der Waals surface area contributed by atoms with Crippen LogP contribution in [-0.4, -0.2) is 55.2 Å². The van der Waals surface area contributed by atoms with E-state index in [1.165, 1.54) is 11.0 Å². The van der Waals surface area contributed by atoms with Crippen molar-refractivity contribution in [3.8, 4) is 5.75 Å². The van der Waals surface area contributed by atoms with E-state index in [-0.39, 0.29) is 5.69 Å². The Morgan fingerprint density at radius 2 is 1.69 bits per heavy atom. The highest BCUT2D eigenvalue weighted by atomic mass is 19.4. The van der Waals surface area contributed by atoms with Crippen molar-refractivity contribution < 1.29 is 32.2 Å². The second-order valence-electron chi connectivity index (χ2n) is 9.29. The van der Waals surface area contributed by atoms with Crippen molar-refractivity contribution in [1.82, 2.24) is 4.90 Å². The highest BCUT2D eigenvalue weighted by Crippen LogP contribution is 2.42. The van der Waals surface area contributed by atoms with Crippen molar-refractivity contribution in [2.75, 3.05) is 43.1 Å². The molecule has 2 aliphatic rings. The highest BCUT2D eigenvalue weighted by Gasteiger charge is 2.39. The Morgan fingerprint density at radius 1 is 0.974 bits per heavy atom. The quantitative estimate of drug-likeness (QED) is 0.418. The molecule has 39 heavy (non-hydrogen) atoms. The first-order chi connectivity index (χ1) is 18.7. The zero-order valence-corrected chi connectivity index (χ0v) is 21.0. The summed E-state index contributed by atoms with van der Waals surface area (Å²) in [6, 6.07) is 16.5. The number of guanidine groups is 1. The SMILES string of the molecule is COc1cccc(N2CCN(C3=Nc4ccccc4C(CC(=O)O)N3c3ccc(F)c(C(F)(F)F)c3)CC2)c1. The van der Waals surface area contributed by atoms with Crippen LogP contribution in [0.15, 0.2) is 71.7 Å². The fourth-order valence-electron chi connectivity index (χ4n) is 5.05. The minimum atomic E-state index is -4.92. The largest absolute Gasteiger partial charge is 0.497 e. The molecule has 5 rings (SSSR count). The van der Waals surface area contributed by atoms with E-state index in [0.29, 0.717) is 43.4 Å². The molecule has 1 N–H and O–H groups in total. The number of hydrogen-bond acceptors (Lipinski definition) is 6.